The summed E-state index contributed by atoms with van der Waals surface area (Å²) in [4.78, 5) is 8.41. The van der Waals surface area contributed by atoms with Crippen LogP contribution in [-0.2, 0) is 4.74 Å². The molecule has 3 N–H and O–H groups in total. The maximum atomic E-state index is 8.70. The van der Waals surface area contributed by atoms with Crippen LogP contribution >= 0.6 is 11.3 Å². The van der Waals surface area contributed by atoms with E-state index in [1.165, 1.54) is 4.88 Å². The van der Waals surface area contributed by atoms with Crippen LogP contribution < -0.4 is 20.1 Å². The van der Waals surface area contributed by atoms with E-state index >= 15 is 0 Å². The molecule has 0 atom stereocenters. The largest absolute Gasteiger partial charge is 0.494 e. The summed E-state index contributed by atoms with van der Waals surface area (Å²) in [5.74, 6) is 1.72. The van der Waals surface area contributed by atoms with E-state index < -0.39 is 0 Å². The zero-order chi connectivity index (χ0) is 24.5. The van der Waals surface area contributed by atoms with Gasteiger partial charge < -0.3 is 30.1 Å². The van der Waals surface area contributed by atoms with Crippen molar-refractivity contribution in [3.05, 3.63) is 59.0 Å². The lowest BCUT2D eigenvalue weighted by Crippen LogP contribution is -2.36. The summed E-state index contributed by atoms with van der Waals surface area (Å²) in [5.41, 5.74) is 8.38. The first-order valence-corrected chi connectivity index (χ1v) is 12.7. The predicted octanol–water partition coefficient (Wildman–Crippen LogP) is 4.68. The molecule has 186 valence electrons. The van der Waals surface area contributed by atoms with E-state index in [1.807, 2.05) is 24.3 Å². The van der Waals surface area contributed by atoms with E-state index in [4.69, 9.17) is 30.1 Å². The lowest BCUT2D eigenvalue weighted by atomic mass is 10.1. The molecule has 35 heavy (non-hydrogen) atoms. The highest BCUT2D eigenvalue weighted by molar-refractivity contribution is 7.16. The Labute approximate surface area is 209 Å². The molecule has 0 aliphatic carbocycles. The van der Waals surface area contributed by atoms with E-state index in [2.05, 4.69) is 29.1 Å². The van der Waals surface area contributed by atoms with E-state index in [9.17, 15) is 0 Å². The second kappa shape index (κ2) is 12.4. The van der Waals surface area contributed by atoms with Gasteiger partial charge in [-0.25, -0.2) is 4.98 Å². The van der Waals surface area contributed by atoms with E-state index in [-0.39, 0.29) is 5.84 Å². The second-order valence-electron chi connectivity index (χ2n) is 8.29. The minimum absolute atomic E-state index is 0.0855. The maximum Gasteiger partial charge on any atom is 0.186 e. The number of aryl methyl sites for hydroxylation is 1. The molecule has 2 aromatic carbocycles. The van der Waals surface area contributed by atoms with Crippen molar-refractivity contribution in [2.24, 2.45) is 10.9 Å². The third kappa shape index (κ3) is 6.86. The number of aromatic nitrogens is 1. The summed E-state index contributed by atoms with van der Waals surface area (Å²) in [5, 5.41) is 12.8. The highest BCUT2D eigenvalue weighted by Gasteiger charge is 2.17. The average Bonchev–Trinajstić information content (AvgIpc) is 3.30. The molecule has 0 radical (unpaired) electrons. The summed E-state index contributed by atoms with van der Waals surface area (Å²) < 4.78 is 17.1. The van der Waals surface area contributed by atoms with Crippen molar-refractivity contribution in [2.45, 2.75) is 26.2 Å². The van der Waals surface area contributed by atoms with E-state index in [0.717, 1.165) is 73.5 Å². The average molecular weight is 497 g/mol. The molecule has 0 bridgehead atoms. The zero-order valence-corrected chi connectivity index (χ0v) is 20.8. The van der Waals surface area contributed by atoms with Gasteiger partial charge in [-0.2, -0.15) is 0 Å². The highest BCUT2D eigenvalue weighted by Crippen LogP contribution is 2.33. The molecule has 8 nitrogen and oxygen atoms in total. The molecule has 2 heterocycles. The number of rotatable bonds is 11. The number of nitrogens with zero attached hydrogens (tertiary/aromatic N) is 3. The SMILES string of the molecule is Cc1sc(N2CCOCC2)nc1-c1ccc(OCCCCCOc2ccc(C(N)=NO)cc2)cc1. The van der Waals surface area contributed by atoms with Crippen LogP contribution in [0.15, 0.2) is 53.7 Å². The van der Waals surface area contributed by atoms with Crippen LogP contribution in [0.5, 0.6) is 11.5 Å². The molecule has 0 amide bonds. The Kier molecular flexibility index (Phi) is 8.80. The number of anilines is 1. The van der Waals surface area contributed by atoms with Gasteiger partial charge in [-0.1, -0.05) is 5.16 Å². The topological polar surface area (TPSA) is 102 Å². The minimum atomic E-state index is 0.0855. The van der Waals surface area contributed by atoms with Gasteiger partial charge in [0.2, 0.25) is 0 Å². The fraction of sp³-hybridized carbons (Fsp3) is 0.385. The fourth-order valence-corrected chi connectivity index (χ4v) is 4.77. The summed E-state index contributed by atoms with van der Waals surface area (Å²) in [6.45, 7) is 6.76. The molecule has 1 saturated heterocycles. The van der Waals surface area contributed by atoms with Crippen LogP contribution in [-0.4, -0.2) is 55.5 Å². The number of nitrogens with two attached hydrogens (primary N) is 1. The third-order valence-electron chi connectivity index (χ3n) is 5.78. The van der Waals surface area contributed by atoms with Gasteiger partial charge in [0.15, 0.2) is 11.0 Å². The molecule has 9 heteroatoms. The van der Waals surface area contributed by atoms with Crippen molar-refractivity contribution < 1.29 is 19.4 Å². The molecular formula is C26H32N4O4S. The van der Waals surface area contributed by atoms with Gasteiger partial charge in [0.25, 0.3) is 0 Å². The van der Waals surface area contributed by atoms with Gasteiger partial charge in [-0.15, -0.1) is 11.3 Å². The van der Waals surface area contributed by atoms with Crippen molar-refractivity contribution in [2.75, 3.05) is 44.4 Å². The maximum absolute atomic E-state index is 8.70. The molecule has 4 rings (SSSR count). The van der Waals surface area contributed by atoms with Crippen LogP contribution in [0.2, 0.25) is 0 Å². The first-order valence-electron chi connectivity index (χ1n) is 11.9. The summed E-state index contributed by atoms with van der Waals surface area (Å²) >= 11 is 1.74. The number of benzene rings is 2. The Balaban J connectivity index is 1.15. The number of oxime groups is 1. The Morgan fingerprint density at radius 1 is 1.00 bits per heavy atom. The smallest absolute Gasteiger partial charge is 0.186 e. The van der Waals surface area contributed by atoms with Crippen molar-refractivity contribution in [1.29, 1.82) is 0 Å². The van der Waals surface area contributed by atoms with Crippen LogP contribution in [0.25, 0.3) is 11.3 Å². The van der Waals surface area contributed by atoms with Crippen molar-refractivity contribution in [3.8, 4) is 22.8 Å². The lowest BCUT2D eigenvalue weighted by Gasteiger charge is -2.26. The summed E-state index contributed by atoms with van der Waals surface area (Å²) in [7, 11) is 0. The first-order chi connectivity index (χ1) is 17.1. The van der Waals surface area contributed by atoms with Gasteiger partial charge in [0.05, 0.1) is 32.1 Å². The molecule has 0 spiro atoms. The Morgan fingerprint density at radius 2 is 1.60 bits per heavy atom. The number of morpholine rings is 1. The van der Waals surface area contributed by atoms with Crippen molar-refractivity contribution >= 4 is 22.3 Å². The molecule has 0 saturated carbocycles. The summed E-state index contributed by atoms with van der Waals surface area (Å²) in [6, 6.07) is 15.4. The molecule has 1 aliphatic rings. The number of amidine groups is 1. The van der Waals surface area contributed by atoms with Crippen LogP contribution in [0.4, 0.5) is 5.13 Å². The Morgan fingerprint density at radius 3 is 2.20 bits per heavy atom. The number of hydrogen-bond donors (Lipinski definition) is 2. The molecule has 1 aliphatic heterocycles. The van der Waals surface area contributed by atoms with Gasteiger partial charge in [-0.05, 0) is 74.7 Å². The minimum Gasteiger partial charge on any atom is -0.494 e. The Hall–Kier alpha value is -3.30. The van der Waals surface area contributed by atoms with E-state index in [1.54, 1.807) is 23.5 Å². The van der Waals surface area contributed by atoms with E-state index in [0.29, 0.717) is 18.8 Å². The monoisotopic (exact) mass is 496 g/mol. The highest BCUT2D eigenvalue weighted by atomic mass is 32.1. The lowest BCUT2D eigenvalue weighted by molar-refractivity contribution is 0.122. The quantitative estimate of drug-likeness (QED) is 0.131. The zero-order valence-electron chi connectivity index (χ0n) is 20.0. The third-order valence-corrected chi connectivity index (χ3v) is 6.81. The number of hydrogen-bond acceptors (Lipinski definition) is 8. The molecule has 3 aromatic rings. The normalized spacial score (nSPS) is 14.2. The van der Waals surface area contributed by atoms with Crippen molar-refractivity contribution in [1.82, 2.24) is 4.98 Å². The molecule has 0 unspecified atom stereocenters. The Bertz CT molecular complexity index is 1090. The predicted molar refractivity (Wildman–Crippen MR) is 139 cm³/mol. The number of unbranched alkanes of at least 4 members (excludes halogenated alkanes) is 2. The molecule has 1 aromatic heterocycles. The van der Waals surface area contributed by atoms with Gasteiger partial charge in [0, 0.05) is 29.1 Å². The standard InChI is InChI=1S/C26H32N4O4S/c1-19-24(28-26(35-19)30-13-17-32-18-14-30)20-5-9-22(10-6-20)33-15-3-2-4-16-34-23-11-7-21(8-12-23)25(27)29-31/h5-12,31H,2-4,13-18H2,1H3,(H2,27,29). The summed E-state index contributed by atoms with van der Waals surface area (Å²) in [6.07, 6.45) is 2.92. The van der Waals surface area contributed by atoms with Gasteiger partial charge >= 0.3 is 0 Å². The van der Waals surface area contributed by atoms with Crippen LogP contribution in [0.1, 0.15) is 29.7 Å². The van der Waals surface area contributed by atoms with Gasteiger partial charge in [-0.3, -0.25) is 0 Å². The fourth-order valence-electron chi connectivity index (χ4n) is 3.79. The van der Waals surface area contributed by atoms with Gasteiger partial charge in [0.1, 0.15) is 11.5 Å². The number of ether oxygens (including phenoxy) is 3. The number of thiazole rings is 1. The van der Waals surface area contributed by atoms with Crippen molar-refractivity contribution in [3.63, 3.8) is 0 Å². The second-order valence-corrected chi connectivity index (χ2v) is 9.47. The first kappa shape index (κ1) is 24.8. The van der Waals surface area contributed by atoms with Crippen LogP contribution in [0.3, 0.4) is 0 Å². The molecular weight excluding hydrogens is 464 g/mol. The van der Waals surface area contributed by atoms with Crippen LogP contribution in [0, 0.1) is 6.92 Å². The molecule has 1 fully saturated rings.